The van der Waals surface area contributed by atoms with E-state index in [1.807, 2.05) is 0 Å². The predicted molar refractivity (Wildman–Crippen MR) is 97.9 cm³/mol. The number of aromatic nitrogens is 3. The molecule has 4 heterocycles. The van der Waals surface area contributed by atoms with Crippen LogP contribution in [0, 0.1) is 6.92 Å². The van der Waals surface area contributed by atoms with Gasteiger partial charge in [0.2, 0.25) is 12.2 Å². The van der Waals surface area contributed by atoms with E-state index in [1.54, 1.807) is 51.6 Å². The first-order valence-electron chi connectivity index (χ1n) is 8.77. The summed E-state index contributed by atoms with van der Waals surface area (Å²) in [5, 5.41) is 6.36. The van der Waals surface area contributed by atoms with E-state index in [4.69, 9.17) is 4.52 Å². The lowest BCUT2D eigenvalue weighted by Crippen LogP contribution is -2.48. The van der Waals surface area contributed by atoms with Crippen LogP contribution in [0.15, 0.2) is 35.0 Å². The second kappa shape index (κ2) is 7.14. The van der Waals surface area contributed by atoms with E-state index >= 15 is 0 Å². The van der Waals surface area contributed by atoms with Crippen LogP contribution >= 0.6 is 0 Å². The molecule has 0 radical (unpaired) electrons. The zero-order valence-electron chi connectivity index (χ0n) is 15.2. The number of nitrogens with zero attached hydrogens (tertiary/aromatic N) is 5. The summed E-state index contributed by atoms with van der Waals surface area (Å²) in [6.45, 7) is 3.50. The van der Waals surface area contributed by atoms with Crippen LogP contribution in [0.1, 0.15) is 26.9 Å². The molecule has 1 saturated heterocycles. The molecule has 0 atom stereocenters. The number of carbonyl (C=O) groups is 3. The Morgan fingerprint density at radius 3 is 2.68 bits per heavy atom. The Hall–Kier alpha value is -3.69. The predicted octanol–water partition coefficient (Wildman–Crippen LogP) is 0.797. The average Bonchev–Trinajstić information content (AvgIpc) is 3.31. The van der Waals surface area contributed by atoms with Crippen molar-refractivity contribution < 1.29 is 18.9 Å². The number of rotatable bonds is 4. The molecule has 3 aromatic rings. The largest absolute Gasteiger partial charge is 0.360 e. The standard InChI is InChI=1S/C18H18N6O4/c1-12-10-14(21-28-12)19-17(26)16-20-15(13-4-2-3-5-24(13)16)18(27)23-8-6-22(11-25)7-9-23/h2-5,10-11H,6-9H2,1H3,(H,19,21,26). The summed E-state index contributed by atoms with van der Waals surface area (Å²) in [5.41, 5.74) is 0.730. The highest BCUT2D eigenvalue weighted by Gasteiger charge is 2.27. The lowest BCUT2D eigenvalue weighted by molar-refractivity contribution is -0.119. The van der Waals surface area contributed by atoms with Crippen LogP contribution in [-0.4, -0.2) is 68.7 Å². The van der Waals surface area contributed by atoms with Crippen LogP contribution in [0.4, 0.5) is 5.82 Å². The van der Waals surface area contributed by atoms with Gasteiger partial charge in [0.15, 0.2) is 11.5 Å². The minimum Gasteiger partial charge on any atom is -0.360 e. The van der Waals surface area contributed by atoms with Crippen LogP contribution in [0.2, 0.25) is 0 Å². The van der Waals surface area contributed by atoms with Crippen LogP contribution in [0.25, 0.3) is 5.52 Å². The minimum absolute atomic E-state index is 0.0751. The first-order valence-corrected chi connectivity index (χ1v) is 8.77. The molecule has 3 amide bonds. The van der Waals surface area contributed by atoms with Gasteiger partial charge < -0.3 is 19.6 Å². The summed E-state index contributed by atoms with van der Waals surface area (Å²) in [5.74, 6) is 0.137. The Labute approximate surface area is 159 Å². The number of imidazole rings is 1. The molecule has 1 fully saturated rings. The van der Waals surface area contributed by atoms with Crippen molar-refractivity contribution in [3.05, 3.63) is 47.7 Å². The van der Waals surface area contributed by atoms with Gasteiger partial charge in [-0.25, -0.2) is 4.98 Å². The number of anilines is 1. The van der Waals surface area contributed by atoms with Crippen LogP contribution in [-0.2, 0) is 4.79 Å². The Balaban J connectivity index is 1.63. The van der Waals surface area contributed by atoms with Gasteiger partial charge >= 0.3 is 0 Å². The molecular weight excluding hydrogens is 364 g/mol. The topological polar surface area (TPSA) is 113 Å². The summed E-state index contributed by atoms with van der Waals surface area (Å²) >= 11 is 0. The van der Waals surface area contributed by atoms with Gasteiger partial charge in [-0.1, -0.05) is 11.2 Å². The second-order valence-electron chi connectivity index (χ2n) is 6.45. The molecule has 1 aliphatic rings. The van der Waals surface area contributed by atoms with Gasteiger partial charge in [-0.15, -0.1) is 0 Å². The fourth-order valence-corrected chi connectivity index (χ4v) is 3.13. The number of fused-ring (bicyclic) bond motifs is 1. The molecule has 144 valence electrons. The molecule has 0 unspecified atom stereocenters. The zero-order valence-corrected chi connectivity index (χ0v) is 15.2. The molecule has 0 aliphatic carbocycles. The van der Waals surface area contributed by atoms with Gasteiger partial charge in [0.25, 0.3) is 11.8 Å². The van der Waals surface area contributed by atoms with Crippen molar-refractivity contribution in [3.63, 3.8) is 0 Å². The maximum atomic E-state index is 13.0. The first kappa shape index (κ1) is 17.7. The van der Waals surface area contributed by atoms with Crippen molar-refractivity contribution >= 4 is 29.6 Å². The van der Waals surface area contributed by atoms with Crippen molar-refractivity contribution in [2.24, 2.45) is 0 Å². The quantitative estimate of drug-likeness (QED) is 0.668. The number of carbonyl (C=O) groups excluding carboxylic acids is 3. The number of nitrogens with one attached hydrogen (secondary N) is 1. The summed E-state index contributed by atoms with van der Waals surface area (Å²) in [6, 6.07) is 6.86. The zero-order chi connectivity index (χ0) is 19.7. The first-order chi connectivity index (χ1) is 13.6. The lowest BCUT2D eigenvalue weighted by atomic mass is 10.2. The molecule has 10 heteroatoms. The SMILES string of the molecule is Cc1cc(NC(=O)c2nc(C(=O)N3CCN(C=O)CC3)c3ccccn23)no1. The molecule has 3 aromatic heterocycles. The summed E-state index contributed by atoms with van der Waals surface area (Å²) < 4.78 is 6.51. The van der Waals surface area contributed by atoms with Crippen molar-refractivity contribution in [2.75, 3.05) is 31.5 Å². The molecule has 10 nitrogen and oxygen atoms in total. The Morgan fingerprint density at radius 1 is 1.21 bits per heavy atom. The number of pyridine rings is 1. The van der Waals surface area contributed by atoms with E-state index in [9.17, 15) is 14.4 Å². The molecule has 0 spiro atoms. The second-order valence-corrected chi connectivity index (χ2v) is 6.45. The molecule has 0 saturated carbocycles. The Bertz CT molecular complexity index is 1050. The fraction of sp³-hybridized carbons (Fsp3) is 0.278. The van der Waals surface area contributed by atoms with E-state index < -0.39 is 5.91 Å². The highest BCUT2D eigenvalue weighted by Crippen LogP contribution is 2.18. The smallest absolute Gasteiger partial charge is 0.293 e. The van der Waals surface area contributed by atoms with Gasteiger partial charge in [0.1, 0.15) is 5.76 Å². The number of aryl methyl sites for hydroxylation is 1. The maximum absolute atomic E-state index is 13.0. The van der Waals surface area contributed by atoms with Gasteiger partial charge in [0.05, 0.1) is 5.52 Å². The molecular formula is C18H18N6O4. The van der Waals surface area contributed by atoms with Crippen molar-refractivity contribution in [2.45, 2.75) is 6.92 Å². The molecule has 0 aromatic carbocycles. The van der Waals surface area contributed by atoms with Gasteiger partial charge in [-0.2, -0.15) is 0 Å². The van der Waals surface area contributed by atoms with Crippen LogP contribution < -0.4 is 5.32 Å². The van der Waals surface area contributed by atoms with E-state index in [-0.39, 0.29) is 23.2 Å². The minimum atomic E-state index is -0.501. The highest BCUT2D eigenvalue weighted by atomic mass is 16.5. The van der Waals surface area contributed by atoms with E-state index in [1.165, 1.54) is 0 Å². The van der Waals surface area contributed by atoms with Crippen LogP contribution in [0.5, 0.6) is 0 Å². The maximum Gasteiger partial charge on any atom is 0.293 e. The normalized spacial score (nSPS) is 14.3. The molecule has 28 heavy (non-hydrogen) atoms. The summed E-state index contributed by atoms with van der Waals surface area (Å²) in [7, 11) is 0. The fourth-order valence-electron chi connectivity index (χ4n) is 3.13. The number of hydrogen-bond acceptors (Lipinski definition) is 6. The summed E-state index contributed by atoms with van der Waals surface area (Å²) in [6.07, 6.45) is 2.45. The number of amides is 3. The number of hydrogen-bond donors (Lipinski definition) is 1. The summed E-state index contributed by atoms with van der Waals surface area (Å²) in [4.78, 5) is 44.1. The third-order valence-corrected chi connectivity index (χ3v) is 4.57. The average molecular weight is 382 g/mol. The van der Waals surface area contributed by atoms with Gasteiger partial charge in [-0.3, -0.25) is 18.8 Å². The Morgan fingerprint density at radius 2 is 2.00 bits per heavy atom. The third kappa shape index (κ3) is 3.20. The van der Waals surface area contributed by atoms with Crippen molar-refractivity contribution in [1.82, 2.24) is 24.3 Å². The molecule has 0 bridgehead atoms. The van der Waals surface area contributed by atoms with Crippen molar-refractivity contribution in [1.29, 1.82) is 0 Å². The van der Waals surface area contributed by atoms with E-state index in [0.29, 0.717) is 37.5 Å². The highest BCUT2D eigenvalue weighted by molar-refractivity contribution is 6.05. The van der Waals surface area contributed by atoms with Crippen molar-refractivity contribution in [3.8, 4) is 0 Å². The lowest BCUT2D eigenvalue weighted by Gasteiger charge is -2.32. The molecule has 4 rings (SSSR count). The molecule has 1 aliphatic heterocycles. The third-order valence-electron chi connectivity index (χ3n) is 4.57. The monoisotopic (exact) mass is 382 g/mol. The van der Waals surface area contributed by atoms with Gasteiger partial charge in [0, 0.05) is 38.4 Å². The van der Waals surface area contributed by atoms with Crippen LogP contribution in [0.3, 0.4) is 0 Å². The van der Waals surface area contributed by atoms with E-state index in [0.717, 1.165) is 6.41 Å². The number of piperazine rings is 1. The van der Waals surface area contributed by atoms with E-state index in [2.05, 4.69) is 15.5 Å². The molecule has 1 N–H and O–H groups in total. The Kier molecular flexibility index (Phi) is 4.52. The van der Waals surface area contributed by atoms with Gasteiger partial charge in [-0.05, 0) is 19.1 Å².